The SMILES string of the molecule is COc1c(C(F)F)cnc(C(=O)O)c1Br. The third-order valence-corrected chi connectivity index (χ3v) is 2.38. The van der Waals surface area contributed by atoms with Crippen LogP contribution in [0.15, 0.2) is 10.7 Å². The van der Waals surface area contributed by atoms with E-state index in [1.165, 1.54) is 7.11 Å². The molecule has 0 bridgehead atoms. The zero-order valence-corrected chi connectivity index (χ0v) is 9.09. The van der Waals surface area contributed by atoms with Crippen molar-refractivity contribution in [3.05, 3.63) is 21.9 Å². The summed E-state index contributed by atoms with van der Waals surface area (Å²) in [7, 11) is 1.18. The molecule has 7 heteroatoms. The molecule has 0 radical (unpaired) electrons. The first kappa shape index (κ1) is 11.8. The Bertz CT molecular complexity index is 398. The van der Waals surface area contributed by atoms with Gasteiger partial charge in [0.2, 0.25) is 0 Å². The van der Waals surface area contributed by atoms with Gasteiger partial charge in [-0.3, -0.25) is 0 Å². The predicted molar refractivity (Wildman–Crippen MR) is 50.4 cm³/mol. The van der Waals surface area contributed by atoms with Crippen molar-refractivity contribution in [1.82, 2.24) is 4.98 Å². The highest BCUT2D eigenvalue weighted by Crippen LogP contribution is 2.36. The summed E-state index contributed by atoms with van der Waals surface area (Å²) >= 11 is 2.86. The number of carboxylic acid groups (broad SMARTS) is 1. The van der Waals surface area contributed by atoms with Crippen LogP contribution in [0.4, 0.5) is 8.78 Å². The molecule has 0 saturated heterocycles. The summed E-state index contributed by atoms with van der Waals surface area (Å²) in [5.74, 6) is -1.53. The molecule has 0 atom stereocenters. The van der Waals surface area contributed by atoms with E-state index in [0.717, 1.165) is 6.20 Å². The van der Waals surface area contributed by atoms with Gasteiger partial charge in [0.1, 0.15) is 5.75 Å². The molecule has 0 aromatic carbocycles. The molecule has 1 rings (SSSR count). The molecule has 1 N–H and O–H groups in total. The predicted octanol–water partition coefficient (Wildman–Crippen LogP) is 2.49. The third kappa shape index (κ3) is 2.23. The van der Waals surface area contributed by atoms with Crippen LogP contribution in [-0.4, -0.2) is 23.2 Å². The molecule has 4 nitrogen and oxygen atoms in total. The van der Waals surface area contributed by atoms with Crippen LogP contribution in [0, 0.1) is 0 Å². The van der Waals surface area contributed by atoms with Crippen LogP contribution in [0.2, 0.25) is 0 Å². The topological polar surface area (TPSA) is 59.4 Å². The molecule has 0 aliphatic heterocycles. The highest BCUT2D eigenvalue weighted by Gasteiger charge is 2.22. The Morgan fingerprint density at radius 3 is 2.67 bits per heavy atom. The Labute approximate surface area is 92.0 Å². The van der Waals surface area contributed by atoms with E-state index in [9.17, 15) is 13.6 Å². The Morgan fingerprint density at radius 1 is 1.67 bits per heavy atom. The lowest BCUT2D eigenvalue weighted by Gasteiger charge is -2.10. The van der Waals surface area contributed by atoms with Crippen molar-refractivity contribution in [2.75, 3.05) is 7.11 Å². The number of halogens is 3. The van der Waals surface area contributed by atoms with Crippen molar-refractivity contribution < 1.29 is 23.4 Å². The summed E-state index contributed by atoms with van der Waals surface area (Å²) in [6, 6.07) is 0. The number of carboxylic acids is 1. The molecule has 15 heavy (non-hydrogen) atoms. The van der Waals surface area contributed by atoms with Gasteiger partial charge in [-0.15, -0.1) is 0 Å². The summed E-state index contributed by atoms with van der Waals surface area (Å²) in [5.41, 5.74) is -0.814. The first-order valence-corrected chi connectivity index (χ1v) is 4.52. The van der Waals surface area contributed by atoms with Crippen LogP contribution < -0.4 is 4.74 Å². The zero-order valence-electron chi connectivity index (χ0n) is 7.50. The molecule has 0 unspecified atom stereocenters. The van der Waals surface area contributed by atoms with E-state index in [1.807, 2.05) is 0 Å². The summed E-state index contributed by atoms with van der Waals surface area (Å²) < 4.78 is 29.5. The minimum absolute atomic E-state index is 0.0877. The van der Waals surface area contributed by atoms with Gasteiger partial charge in [-0.1, -0.05) is 0 Å². The highest BCUT2D eigenvalue weighted by molar-refractivity contribution is 9.10. The maximum absolute atomic E-state index is 12.4. The van der Waals surface area contributed by atoms with Gasteiger partial charge in [0.15, 0.2) is 5.69 Å². The molecule has 0 amide bonds. The average molecular weight is 282 g/mol. The summed E-state index contributed by atoms with van der Waals surface area (Å²) in [6.07, 6.45) is -1.98. The van der Waals surface area contributed by atoms with E-state index in [1.54, 1.807) is 0 Å². The first-order valence-electron chi connectivity index (χ1n) is 3.72. The van der Waals surface area contributed by atoms with E-state index in [0.29, 0.717) is 0 Å². The maximum atomic E-state index is 12.4. The van der Waals surface area contributed by atoms with Gasteiger partial charge in [-0.25, -0.2) is 18.6 Å². The van der Waals surface area contributed by atoms with E-state index >= 15 is 0 Å². The highest BCUT2D eigenvalue weighted by atomic mass is 79.9. The normalized spacial score (nSPS) is 10.5. The number of aromatic nitrogens is 1. The number of pyridine rings is 1. The van der Waals surface area contributed by atoms with Crippen LogP contribution >= 0.6 is 15.9 Å². The van der Waals surface area contributed by atoms with Crippen molar-refractivity contribution in [2.24, 2.45) is 0 Å². The molecule has 1 aromatic rings. The van der Waals surface area contributed by atoms with Gasteiger partial charge in [0.25, 0.3) is 6.43 Å². The lowest BCUT2D eigenvalue weighted by molar-refractivity contribution is 0.0687. The number of alkyl halides is 2. The second kappa shape index (κ2) is 4.52. The van der Waals surface area contributed by atoms with Crippen LogP contribution in [0.25, 0.3) is 0 Å². The van der Waals surface area contributed by atoms with Gasteiger partial charge in [-0.05, 0) is 15.9 Å². The maximum Gasteiger partial charge on any atom is 0.355 e. The van der Waals surface area contributed by atoms with Gasteiger partial charge in [0.05, 0.1) is 17.1 Å². The van der Waals surface area contributed by atoms with Gasteiger partial charge in [0, 0.05) is 6.20 Å². The number of carbonyl (C=O) groups is 1. The van der Waals surface area contributed by atoms with Crippen LogP contribution in [0.3, 0.4) is 0 Å². The van der Waals surface area contributed by atoms with Gasteiger partial charge >= 0.3 is 5.97 Å². The summed E-state index contributed by atoms with van der Waals surface area (Å²) in [4.78, 5) is 14.0. The number of rotatable bonds is 3. The molecule has 0 aliphatic rings. The Hall–Kier alpha value is -1.24. The van der Waals surface area contributed by atoms with Crippen molar-refractivity contribution in [3.63, 3.8) is 0 Å². The number of nitrogens with zero attached hydrogens (tertiary/aromatic N) is 1. The zero-order chi connectivity index (χ0) is 11.6. The Kier molecular flexibility index (Phi) is 3.57. The van der Waals surface area contributed by atoms with Crippen LogP contribution in [0.5, 0.6) is 5.75 Å². The van der Waals surface area contributed by atoms with Crippen LogP contribution in [-0.2, 0) is 0 Å². The van der Waals surface area contributed by atoms with Gasteiger partial charge < -0.3 is 9.84 Å². The number of aromatic carboxylic acids is 1. The Balaban J connectivity index is 3.39. The van der Waals surface area contributed by atoms with E-state index in [2.05, 4.69) is 20.9 Å². The molecular formula is C8H6BrF2NO3. The van der Waals surface area contributed by atoms with Crippen LogP contribution in [0.1, 0.15) is 22.5 Å². The smallest absolute Gasteiger partial charge is 0.355 e. The fourth-order valence-corrected chi connectivity index (χ4v) is 1.66. The molecule has 0 fully saturated rings. The average Bonchev–Trinajstić information content (AvgIpc) is 2.16. The number of methoxy groups -OCH3 is 1. The van der Waals surface area contributed by atoms with Crippen molar-refractivity contribution >= 4 is 21.9 Å². The number of hydrogen-bond donors (Lipinski definition) is 1. The van der Waals surface area contributed by atoms with E-state index < -0.39 is 18.0 Å². The Morgan fingerprint density at radius 2 is 2.27 bits per heavy atom. The molecular weight excluding hydrogens is 276 g/mol. The largest absolute Gasteiger partial charge is 0.495 e. The number of hydrogen-bond acceptors (Lipinski definition) is 3. The molecule has 1 heterocycles. The summed E-state index contributed by atoms with van der Waals surface area (Å²) in [5, 5.41) is 8.68. The van der Waals surface area contributed by atoms with E-state index in [4.69, 9.17) is 9.84 Å². The second-order valence-electron chi connectivity index (χ2n) is 2.52. The molecule has 1 aromatic heterocycles. The minimum atomic E-state index is -2.77. The standard InChI is InChI=1S/C8H6BrF2NO3/c1-15-6-3(7(10)11)2-12-5(4(6)9)8(13)14/h2,7H,1H3,(H,13,14). The fraction of sp³-hybridized carbons (Fsp3) is 0.250. The van der Waals surface area contributed by atoms with Gasteiger partial charge in [-0.2, -0.15) is 0 Å². The lowest BCUT2D eigenvalue weighted by atomic mass is 10.2. The third-order valence-electron chi connectivity index (χ3n) is 1.64. The monoisotopic (exact) mass is 281 g/mol. The summed E-state index contributed by atoms with van der Waals surface area (Å²) in [6.45, 7) is 0. The quantitative estimate of drug-likeness (QED) is 0.925. The number of ether oxygens (including phenoxy) is 1. The van der Waals surface area contributed by atoms with Crippen molar-refractivity contribution in [2.45, 2.75) is 6.43 Å². The molecule has 0 aliphatic carbocycles. The lowest BCUT2D eigenvalue weighted by Crippen LogP contribution is -2.05. The minimum Gasteiger partial charge on any atom is -0.495 e. The van der Waals surface area contributed by atoms with E-state index in [-0.39, 0.29) is 15.9 Å². The molecule has 0 saturated carbocycles. The second-order valence-corrected chi connectivity index (χ2v) is 3.31. The first-order chi connectivity index (χ1) is 6.99. The molecule has 0 spiro atoms. The fourth-order valence-electron chi connectivity index (χ4n) is 0.996. The van der Waals surface area contributed by atoms with Crippen molar-refractivity contribution in [3.8, 4) is 5.75 Å². The molecule has 82 valence electrons. The van der Waals surface area contributed by atoms with Crippen molar-refractivity contribution in [1.29, 1.82) is 0 Å².